The molecule has 0 bridgehead atoms. The molecule has 1 aromatic heterocycles. The van der Waals surface area contributed by atoms with Gasteiger partial charge in [-0.05, 0) is 6.07 Å². The second-order valence-electron chi connectivity index (χ2n) is 7.61. The number of carbonyl (C=O) groups excluding carboxylic acids is 3. The van der Waals surface area contributed by atoms with Gasteiger partial charge in [-0.15, -0.1) is 0 Å². The van der Waals surface area contributed by atoms with E-state index in [0.717, 1.165) is 11.1 Å². The molecule has 9 heteroatoms. The summed E-state index contributed by atoms with van der Waals surface area (Å²) in [4.78, 5) is 46.2. The van der Waals surface area contributed by atoms with Crippen LogP contribution in [0.5, 0.6) is 0 Å². The van der Waals surface area contributed by atoms with Crippen molar-refractivity contribution in [1.29, 1.82) is 0 Å². The van der Waals surface area contributed by atoms with Crippen LogP contribution in [0.3, 0.4) is 0 Å². The van der Waals surface area contributed by atoms with Crippen molar-refractivity contribution in [1.82, 2.24) is 19.7 Å². The van der Waals surface area contributed by atoms with E-state index in [0.29, 0.717) is 13.1 Å². The van der Waals surface area contributed by atoms with Crippen LogP contribution in [0.1, 0.15) is 24.2 Å². The maximum atomic E-state index is 14.0. The fraction of sp³-hybridized carbons (Fsp3) is 0.556. The van der Waals surface area contributed by atoms with Gasteiger partial charge in [-0.2, -0.15) is 0 Å². The number of nitrogens with zero attached hydrogens (tertiary/aromatic N) is 4. The summed E-state index contributed by atoms with van der Waals surface area (Å²) in [5, 5.41) is 0. The molecule has 0 spiro atoms. The fourth-order valence-corrected chi connectivity index (χ4v) is 3.61. The first-order chi connectivity index (χ1) is 12.7. The van der Waals surface area contributed by atoms with Gasteiger partial charge in [-0.3, -0.25) is 19.5 Å². The summed E-state index contributed by atoms with van der Waals surface area (Å²) >= 11 is 0. The molecule has 0 radical (unpaired) electrons. The highest BCUT2D eigenvalue weighted by molar-refractivity contribution is 6.05. The maximum Gasteiger partial charge on any atom is 0.327 e. The molecule has 3 rings (SSSR count). The molecule has 2 fully saturated rings. The maximum absolute atomic E-state index is 14.0. The lowest BCUT2D eigenvalue weighted by atomic mass is 9.92. The Morgan fingerprint density at radius 1 is 1.37 bits per heavy atom. The predicted molar refractivity (Wildman–Crippen MR) is 93.4 cm³/mol. The molecule has 27 heavy (non-hydrogen) atoms. The van der Waals surface area contributed by atoms with E-state index in [1.165, 1.54) is 29.2 Å². The van der Waals surface area contributed by atoms with Gasteiger partial charge in [0.25, 0.3) is 11.8 Å². The Bertz CT molecular complexity index is 769. The van der Waals surface area contributed by atoms with Crippen LogP contribution in [0.4, 0.5) is 9.18 Å². The Kier molecular flexibility index (Phi) is 5.14. The predicted octanol–water partition coefficient (Wildman–Crippen LogP) is 0.982. The van der Waals surface area contributed by atoms with Crippen molar-refractivity contribution < 1.29 is 23.5 Å². The van der Waals surface area contributed by atoms with E-state index in [9.17, 15) is 18.8 Å². The largest absolute Gasteiger partial charge is 0.383 e. The Morgan fingerprint density at radius 2 is 2.11 bits per heavy atom. The number of hydrogen-bond acceptors (Lipinski definition) is 5. The highest BCUT2D eigenvalue weighted by atomic mass is 19.1. The van der Waals surface area contributed by atoms with Gasteiger partial charge < -0.3 is 14.5 Å². The summed E-state index contributed by atoms with van der Waals surface area (Å²) in [6.45, 7) is 4.88. The van der Waals surface area contributed by atoms with E-state index in [1.54, 1.807) is 0 Å². The SMILES string of the molecule is COCCN1C(=O)C2CN(C(=O)c3ccncc3F)CC(C)(C)CN2C1=O. The van der Waals surface area contributed by atoms with Gasteiger partial charge in [0.2, 0.25) is 0 Å². The minimum atomic E-state index is -0.773. The van der Waals surface area contributed by atoms with E-state index >= 15 is 0 Å². The fourth-order valence-electron chi connectivity index (χ4n) is 3.61. The first kappa shape index (κ1) is 19.2. The smallest absolute Gasteiger partial charge is 0.327 e. The van der Waals surface area contributed by atoms with Crippen LogP contribution in [-0.4, -0.2) is 83.5 Å². The summed E-state index contributed by atoms with van der Waals surface area (Å²) in [7, 11) is 1.50. The zero-order chi connectivity index (χ0) is 19.8. The zero-order valence-corrected chi connectivity index (χ0v) is 15.6. The molecule has 1 atom stereocenters. The quantitative estimate of drug-likeness (QED) is 0.730. The van der Waals surface area contributed by atoms with Crippen molar-refractivity contribution in [2.45, 2.75) is 19.9 Å². The first-order valence-electron chi connectivity index (χ1n) is 8.75. The number of rotatable bonds is 4. The normalized spacial score (nSPS) is 22.1. The summed E-state index contributed by atoms with van der Waals surface area (Å²) in [6, 6.07) is 0.171. The van der Waals surface area contributed by atoms with Crippen molar-refractivity contribution in [3.63, 3.8) is 0 Å². The van der Waals surface area contributed by atoms with Gasteiger partial charge in [0.15, 0.2) is 5.82 Å². The third kappa shape index (κ3) is 3.64. The third-order valence-corrected chi connectivity index (χ3v) is 4.82. The van der Waals surface area contributed by atoms with Crippen LogP contribution in [0.25, 0.3) is 0 Å². The van der Waals surface area contributed by atoms with Crippen LogP contribution < -0.4 is 0 Å². The number of halogens is 1. The highest BCUT2D eigenvalue weighted by Crippen LogP contribution is 2.30. The summed E-state index contributed by atoms with van der Waals surface area (Å²) in [6.07, 6.45) is 2.33. The van der Waals surface area contributed by atoms with Crippen LogP contribution in [0.15, 0.2) is 18.5 Å². The Balaban J connectivity index is 1.89. The van der Waals surface area contributed by atoms with Crippen LogP contribution >= 0.6 is 0 Å². The number of ether oxygens (including phenoxy) is 1. The molecule has 0 aliphatic carbocycles. The zero-order valence-electron chi connectivity index (χ0n) is 15.6. The molecule has 1 aromatic rings. The molecule has 2 aliphatic rings. The number of methoxy groups -OCH3 is 1. The molecule has 2 aliphatic heterocycles. The Morgan fingerprint density at radius 3 is 2.78 bits per heavy atom. The van der Waals surface area contributed by atoms with Gasteiger partial charge in [-0.25, -0.2) is 9.18 Å². The second-order valence-corrected chi connectivity index (χ2v) is 7.61. The average molecular weight is 378 g/mol. The topological polar surface area (TPSA) is 83.1 Å². The molecule has 2 saturated heterocycles. The number of aromatic nitrogens is 1. The summed E-state index contributed by atoms with van der Waals surface area (Å²) in [5.41, 5.74) is -0.552. The number of pyridine rings is 1. The van der Waals surface area contributed by atoms with Crippen molar-refractivity contribution in [2.75, 3.05) is 39.9 Å². The van der Waals surface area contributed by atoms with Crippen molar-refractivity contribution in [2.24, 2.45) is 5.41 Å². The molecule has 146 valence electrons. The van der Waals surface area contributed by atoms with Crippen molar-refractivity contribution in [3.05, 3.63) is 29.8 Å². The Labute approximate surface area is 156 Å². The number of hydrogen-bond donors (Lipinski definition) is 0. The van der Waals surface area contributed by atoms with E-state index < -0.39 is 23.2 Å². The molecule has 3 heterocycles. The van der Waals surface area contributed by atoms with Gasteiger partial charge in [0, 0.05) is 31.8 Å². The number of carbonyl (C=O) groups is 3. The van der Waals surface area contributed by atoms with E-state index in [4.69, 9.17) is 4.74 Å². The van der Waals surface area contributed by atoms with Crippen LogP contribution in [0.2, 0.25) is 0 Å². The first-order valence-corrected chi connectivity index (χ1v) is 8.75. The molecule has 1 unspecified atom stereocenters. The number of fused-ring (bicyclic) bond motifs is 1. The molecular weight excluding hydrogens is 355 g/mol. The van der Waals surface area contributed by atoms with Gasteiger partial charge in [0.1, 0.15) is 6.04 Å². The number of amides is 4. The molecule has 0 aromatic carbocycles. The average Bonchev–Trinajstić information content (AvgIpc) is 2.75. The standard InChI is InChI=1S/C18H23FN4O4/c1-18(2)10-21(15(24)12-4-5-20-8-13(12)19)9-14-16(25)22(6-7-27-3)17(26)23(14)11-18/h4-5,8,14H,6-7,9-11H2,1-3H3. The monoisotopic (exact) mass is 378 g/mol. The lowest BCUT2D eigenvalue weighted by molar-refractivity contribution is -0.128. The lowest BCUT2D eigenvalue weighted by Crippen LogP contribution is -2.44. The lowest BCUT2D eigenvalue weighted by Gasteiger charge is -2.30. The number of urea groups is 1. The number of imide groups is 1. The molecule has 0 N–H and O–H groups in total. The van der Waals surface area contributed by atoms with E-state index in [2.05, 4.69) is 4.98 Å². The summed E-state index contributed by atoms with van der Waals surface area (Å²) < 4.78 is 19.0. The van der Waals surface area contributed by atoms with Crippen LogP contribution in [-0.2, 0) is 9.53 Å². The highest BCUT2D eigenvalue weighted by Gasteiger charge is 2.50. The molecular formula is C18H23FN4O4. The second kappa shape index (κ2) is 7.22. The Hall–Kier alpha value is -2.55. The van der Waals surface area contributed by atoms with E-state index in [-0.39, 0.29) is 37.2 Å². The van der Waals surface area contributed by atoms with Crippen LogP contribution in [0, 0.1) is 11.2 Å². The molecule has 0 saturated carbocycles. The van der Waals surface area contributed by atoms with Gasteiger partial charge in [-0.1, -0.05) is 13.8 Å². The van der Waals surface area contributed by atoms with E-state index in [1.807, 2.05) is 13.8 Å². The molecule has 8 nitrogen and oxygen atoms in total. The third-order valence-electron chi connectivity index (χ3n) is 4.82. The van der Waals surface area contributed by atoms with Gasteiger partial charge in [0.05, 0.1) is 31.5 Å². The van der Waals surface area contributed by atoms with Crippen molar-refractivity contribution >= 4 is 17.8 Å². The summed E-state index contributed by atoms with van der Waals surface area (Å²) in [5.74, 6) is -1.58. The van der Waals surface area contributed by atoms with Crippen molar-refractivity contribution in [3.8, 4) is 0 Å². The minimum Gasteiger partial charge on any atom is -0.383 e. The molecule has 4 amide bonds. The van der Waals surface area contributed by atoms with Gasteiger partial charge >= 0.3 is 6.03 Å². The minimum absolute atomic E-state index is 0.0259.